The molecule has 0 atom stereocenters. The van der Waals surface area contributed by atoms with Crippen LogP contribution in [0.4, 0.5) is 0 Å². The molecule has 0 unspecified atom stereocenters. The first-order valence-corrected chi connectivity index (χ1v) is 6.96. The van der Waals surface area contributed by atoms with Gasteiger partial charge in [0, 0.05) is 32.6 Å². The monoisotopic (exact) mass is 373 g/mol. The fourth-order valence-electron chi connectivity index (χ4n) is 0.887. The van der Waals surface area contributed by atoms with E-state index in [1.165, 1.54) is 0 Å². The van der Waals surface area contributed by atoms with Crippen LogP contribution in [0.1, 0.15) is 0 Å². The van der Waals surface area contributed by atoms with Crippen LogP contribution in [-0.4, -0.2) is 16.6 Å². The van der Waals surface area contributed by atoms with Gasteiger partial charge < -0.3 is 4.57 Å². The second kappa shape index (κ2) is 5.41. The number of pyridine rings is 1. The number of aryl methyl sites for hydroxylation is 1. The molecule has 0 saturated carbocycles. The van der Waals surface area contributed by atoms with Gasteiger partial charge in [-0.05, 0) is 44.8 Å². The summed E-state index contributed by atoms with van der Waals surface area (Å²) in [6.45, 7) is 0.781. The molecule has 1 rings (SSSR count). The van der Waals surface area contributed by atoms with Crippen molar-refractivity contribution in [3.63, 3.8) is 0 Å². The molecule has 2 nitrogen and oxygen atoms in total. The molecule has 0 amide bonds. The fourth-order valence-corrected chi connectivity index (χ4v) is 2.06. The van der Waals surface area contributed by atoms with Crippen LogP contribution in [0.2, 0.25) is 0 Å². The number of halogens is 2. The average Bonchev–Trinajstić information content (AvgIpc) is 2.09. The smallest absolute Gasteiger partial charge is 0.251 e. The van der Waals surface area contributed by atoms with Crippen molar-refractivity contribution in [1.29, 1.82) is 0 Å². The lowest BCUT2D eigenvalue weighted by atomic mass is 10.5. The lowest BCUT2D eigenvalue weighted by Gasteiger charge is -2.05. The molecule has 0 aromatic carbocycles. The van der Waals surface area contributed by atoms with Crippen molar-refractivity contribution >= 4 is 50.3 Å². The van der Waals surface area contributed by atoms with Crippen molar-refractivity contribution < 1.29 is 0 Å². The van der Waals surface area contributed by atoms with Crippen LogP contribution in [0.5, 0.6) is 0 Å². The maximum absolute atomic E-state index is 11.4. The Kier molecular flexibility index (Phi) is 4.82. The van der Waals surface area contributed by atoms with Gasteiger partial charge in [-0.2, -0.15) is 11.8 Å². The summed E-state index contributed by atoms with van der Waals surface area (Å²) >= 11 is 7.27. The van der Waals surface area contributed by atoms with Gasteiger partial charge >= 0.3 is 0 Å². The quantitative estimate of drug-likeness (QED) is 0.759. The molecular weight excluding hydrogens is 365 g/mol. The lowest BCUT2D eigenvalue weighted by Crippen LogP contribution is -2.20. The SMILES string of the molecule is CSCCn1cc(I)c(Br)cc1=O. The van der Waals surface area contributed by atoms with Crippen LogP contribution in [0.15, 0.2) is 21.5 Å². The summed E-state index contributed by atoms with van der Waals surface area (Å²) in [7, 11) is 0. The molecule has 1 aromatic rings. The second-order valence-corrected chi connectivity index (χ2v) is 5.50. The first-order valence-electron chi connectivity index (χ1n) is 3.69. The van der Waals surface area contributed by atoms with E-state index < -0.39 is 0 Å². The summed E-state index contributed by atoms with van der Waals surface area (Å²) in [6.07, 6.45) is 3.91. The van der Waals surface area contributed by atoms with Crippen LogP contribution in [-0.2, 0) is 6.54 Å². The van der Waals surface area contributed by atoms with Crippen molar-refractivity contribution in [2.75, 3.05) is 12.0 Å². The van der Waals surface area contributed by atoms with Crippen molar-refractivity contribution in [3.8, 4) is 0 Å². The number of rotatable bonds is 3. The Morgan fingerprint density at radius 2 is 2.38 bits per heavy atom. The van der Waals surface area contributed by atoms with Crippen molar-refractivity contribution in [3.05, 3.63) is 30.7 Å². The molecule has 0 bridgehead atoms. The van der Waals surface area contributed by atoms with E-state index in [0.717, 1.165) is 20.3 Å². The zero-order chi connectivity index (χ0) is 9.84. The number of hydrogen-bond donors (Lipinski definition) is 0. The molecular formula is C8H9BrINOS. The van der Waals surface area contributed by atoms with Crippen molar-refractivity contribution in [2.24, 2.45) is 0 Å². The van der Waals surface area contributed by atoms with Gasteiger partial charge in [0.25, 0.3) is 5.56 Å². The van der Waals surface area contributed by atoms with Gasteiger partial charge in [0.15, 0.2) is 0 Å². The predicted octanol–water partition coefficient (Wildman–Crippen LogP) is 2.58. The maximum Gasteiger partial charge on any atom is 0.251 e. The molecule has 0 saturated heterocycles. The van der Waals surface area contributed by atoms with Crippen LogP contribution in [0.25, 0.3) is 0 Å². The number of aromatic nitrogens is 1. The summed E-state index contributed by atoms with van der Waals surface area (Å²) in [5, 5.41) is 0. The second-order valence-electron chi connectivity index (χ2n) is 2.49. The first-order chi connectivity index (χ1) is 6.15. The Balaban J connectivity index is 2.95. The van der Waals surface area contributed by atoms with Gasteiger partial charge in [0.1, 0.15) is 0 Å². The van der Waals surface area contributed by atoms with Gasteiger partial charge in [-0.3, -0.25) is 4.79 Å². The topological polar surface area (TPSA) is 22.0 Å². The Bertz CT molecular complexity index is 352. The Labute approximate surface area is 103 Å². The summed E-state index contributed by atoms with van der Waals surface area (Å²) < 4.78 is 3.68. The minimum Gasteiger partial charge on any atom is -0.314 e. The third-order valence-electron chi connectivity index (χ3n) is 1.57. The van der Waals surface area contributed by atoms with Crippen molar-refractivity contribution in [1.82, 2.24) is 4.57 Å². The molecule has 0 spiro atoms. The normalized spacial score (nSPS) is 10.4. The summed E-state index contributed by atoms with van der Waals surface area (Å²) in [5.74, 6) is 0.970. The van der Waals surface area contributed by atoms with Crippen LogP contribution >= 0.6 is 50.3 Å². The van der Waals surface area contributed by atoms with Gasteiger partial charge in [0.2, 0.25) is 0 Å². The highest BCUT2D eigenvalue weighted by Crippen LogP contribution is 2.15. The first kappa shape index (κ1) is 11.6. The Morgan fingerprint density at radius 3 is 3.00 bits per heavy atom. The molecule has 1 aromatic heterocycles. The van der Waals surface area contributed by atoms with Crippen LogP contribution < -0.4 is 5.56 Å². The minimum atomic E-state index is 0.0568. The van der Waals surface area contributed by atoms with Gasteiger partial charge in [-0.1, -0.05) is 0 Å². The standard InChI is InChI=1S/C8H9BrINOS/c1-13-3-2-11-5-7(10)6(9)4-8(11)12/h4-5H,2-3H2,1H3. The zero-order valence-electron chi connectivity index (χ0n) is 7.09. The molecule has 13 heavy (non-hydrogen) atoms. The largest absolute Gasteiger partial charge is 0.314 e. The third-order valence-corrected chi connectivity index (χ3v) is 4.41. The van der Waals surface area contributed by atoms with E-state index in [1.54, 1.807) is 22.4 Å². The molecule has 5 heteroatoms. The highest BCUT2D eigenvalue weighted by Gasteiger charge is 2.01. The number of hydrogen-bond acceptors (Lipinski definition) is 2. The highest BCUT2D eigenvalue weighted by molar-refractivity contribution is 14.1. The third kappa shape index (κ3) is 3.28. The average molecular weight is 374 g/mol. The van der Waals surface area contributed by atoms with E-state index in [1.807, 2.05) is 12.5 Å². The Hall–Kier alpha value is 0.510. The molecule has 0 aliphatic rings. The van der Waals surface area contributed by atoms with Crippen LogP contribution in [0, 0.1) is 3.57 Å². The zero-order valence-corrected chi connectivity index (χ0v) is 11.6. The minimum absolute atomic E-state index is 0.0568. The maximum atomic E-state index is 11.4. The van der Waals surface area contributed by atoms with E-state index in [0.29, 0.717) is 0 Å². The summed E-state index contributed by atoms with van der Waals surface area (Å²) in [5.41, 5.74) is 0.0568. The number of thioether (sulfide) groups is 1. The number of nitrogens with zero attached hydrogens (tertiary/aromatic N) is 1. The van der Waals surface area contributed by atoms with Crippen LogP contribution in [0.3, 0.4) is 0 Å². The molecule has 0 N–H and O–H groups in total. The van der Waals surface area contributed by atoms with E-state index in [9.17, 15) is 4.79 Å². The van der Waals surface area contributed by atoms with E-state index >= 15 is 0 Å². The Morgan fingerprint density at radius 1 is 1.69 bits per heavy atom. The lowest BCUT2D eigenvalue weighted by molar-refractivity contribution is 0.731. The van der Waals surface area contributed by atoms with E-state index in [4.69, 9.17) is 0 Å². The van der Waals surface area contributed by atoms with Gasteiger partial charge in [-0.25, -0.2) is 0 Å². The summed E-state index contributed by atoms with van der Waals surface area (Å²) in [6, 6.07) is 1.61. The van der Waals surface area contributed by atoms with E-state index in [2.05, 4.69) is 38.5 Å². The van der Waals surface area contributed by atoms with Gasteiger partial charge in [-0.15, -0.1) is 0 Å². The van der Waals surface area contributed by atoms with E-state index in [-0.39, 0.29) is 5.56 Å². The molecule has 0 radical (unpaired) electrons. The van der Waals surface area contributed by atoms with Crippen molar-refractivity contribution in [2.45, 2.75) is 6.54 Å². The molecule has 1 heterocycles. The van der Waals surface area contributed by atoms with Gasteiger partial charge in [0.05, 0.1) is 0 Å². The summed E-state index contributed by atoms with van der Waals surface area (Å²) in [4.78, 5) is 11.4. The molecule has 0 fully saturated rings. The highest BCUT2D eigenvalue weighted by atomic mass is 127. The predicted molar refractivity (Wildman–Crippen MR) is 69.5 cm³/mol. The molecule has 0 aliphatic carbocycles. The molecule has 0 aliphatic heterocycles. The molecule has 72 valence electrons. The fraction of sp³-hybridized carbons (Fsp3) is 0.375.